The number of ether oxygens (including phenoxy) is 1. The van der Waals surface area contributed by atoms with Crippen LogP contribution in [0.5, 0.6) is 0 Å². The molecule has 0 aromatic heterocycles. The zero-order valence-corrected chi connectivity index (χ0v) is 16.2. The Balaban J connectivity index is 1.56. The lowest BCUT2D eigenvalue weighted by Gasteiger charge is -2.69. The molecule has 6 aliphatic rings. The van der Waals surface area contributed by atoms with Gasteiger partial charge >= 0.3 is 6.69 Å². The molecule has 4 bridgehead atoms. The van der Waals surface area contributed by atoms with Crippen LogP contribution in [0.1, 0.15) is 47.0 Å². The summed E-state index contributed by atoms with van der Waals surface area (Å²) in [5, 5.41) is 11.8. The van der Waals surface area contributed by atoms with E-state index < -0.39 is 24.6 Å². The fourth-order valence-electron chi connectivity index (χ4n) is 7.31. The highest BCUT2D eigenvalue weighted by molar-refractivity contribution is 6.64. The van der Waals surface area contributed by atoms with E-state index in [2.05, 4.69) is 20.8 Å². The Kier molecular flexibility index (Phi) is 3.25. The van der Waals surface area contributed by atoms with Crippen molar-refractivity contribution in [3.8, 4) is 0 Å². The first-order valence-corrected chi connectivity index (χ1v) is 10.3. The lowest BCUT2D eigenvalue weighted by molar-refractivity contribution is -0.872. The molecule has 26 heavy (non-hydrogen) atoms. The average Bonchev–Trinajstić information content (AvgIpc) is 3.30. The van der Waals surface area contributed by atoms with Gasteiger partial charge in [0.1, 0.15) is 6.54 Å². The first-order valence-electron chi connectivity index (χ1n) is 10.3. The molecule has 3 aliphatic carbocycles. The third kappa shape index (κ3) is 1.80. The molecule has 3 aliphatic heterocycles. The fourth-order valence-corrected chi connectivity index (χ4v) is 7.31. The van der Waals surface area contributed by atoms with Gasteiger partial charge in [0.25, 0.3) is 5.97 Å². The first kappa shape index (κ1) is 17.2. The average molecular weight is 363 g/mol. The molecule has 6 rings (SSSR count). The number of ketones is 1. The van der Waals surface area contributed by atoms with Crippen LogP contribution in [0.3, 0.4) is 0 Å². The molecule has 0 spiro atoms. The van der Waals surface area contributed by atoms with Crippen LogP contribution >= 0.6 is 0 Å². The van der Waals surface area contributed by atoms with Gasteiger partial charge in [0.2, 0.25) is 5.78 Å². The smallest absolute Gasteiger partial charge is 0.556 e. The normalized spacial score (nSPS) is 56.7. The van der Waals surface area contributed by atoms with Gasteiger partial charge in [-0.2, -0.15) is 0 Å². The monoisotopic (exact) mass is 363 g/mol. The van der Waals surface area contributed by atoms with E-state index in [1.54, 1.807) is 0 Å². The molecule has 3 saturated heterocycles. The Morgan fingerprint density at radius 3 is 2.62 bits per heavy atom. The van der Waals surface area contributed by atoms with Gasteiger partial charge in [0.05, 0.1) is 24.7 Å². The molecule has 6 fully saturated rings. The van der Waals surface area contributed by atoms with Crippen LogP contribution in [0, 0.1) is 29.1 Å². The maximum Gasteiger partial charge on any atom is 0.556 e. The van der Waals surface area contributed by atoms with Crippen LogP contribution in [-0.4, -0.2) is 59.1 Å². The Hall–Kier alpha value is -0.915. The topological polar surface area (TPSA) is 76.1 Å². The number of hydrogen-bond donors (Lipinski definition) is 1. The van der Waals surface area contributed by atoms with Crippen LogP contribution in [0.15, 0.2) is 0 Å². The molecule has 144 valence electrons. The van der Waals surface area contributed by atoms with E-state index >= 15 is 0 Å². The van der Waals surface area contributed by atoms with E-state index in [9.17, 15) is 14.6 Å². The number of epoxide rings is 1. The Morgan fingerprint density at radius 2 is 2.04 bits per heavy atom. The van der Waals surface area contributed by atoms with Crippen LogP contribution in [0.4, 0.5) is 0 Å². The number of carbonyl (C=O) groups is 2. The van der Waals surface area contributed by atoms with Crippen molar-refractivity contribution in [2.24, 2.45) is 29.1 Å². The summed E-state index contributed by atoms with van der Waals surface area (Å²) in [6, 6.07) is -0.283. The summed E-state index contributed by atoms with van der Waals surface area (Å²) in [6.07, 6.45) is 2.95. The van der Waals surface area contributed by atoms with Crippen molar-refractivity contribution in [3.63, 3.8) is 0 Å². The van der Waals surface area contributed by atoms with Crippen molar-refractivity contribution < 1.29 is 28.4 Å². The van der Waals surface area contributed by atoms with Crippen molar-refractivity contribution in [1.29, 1.82) is 0 Å². The fraction of sp³-hybridized carbons (Fsp3) is 0.895. The summed E-state index contributed by atoms with van der Waals surface area (Å²) >= 11 is 0. The molecule has 0 aromatic carbocycles. The lowest BCUT2D eigenvalue weighted by atomic mass is 9.43. The minimum absolute atomic E-state index is 0.0628. The van der Waals surface area contributed by atoms with E-state index in [0.29, 0.717) is 29.7 Å². The minimum atomic E-state index is -2.55. The second-order valence-electron chi connectivity index (χ2n) is 10.2. The summed E-state index contributed by atoms with van der Waals surface area (Å²) in [5.41, 5.74) is 0.330. The second kappa shape index (κ2) is 4.92. The third-order valence-corrected chi connectivity index (χ3v) is 9.10. The lowest BCUT2D eigenvalue weighted by Crippen LogP contribution is -2.81. The van der Waals surface area contributed by atoms with Crippen LogP contribution in [-0.2, 0) is 19.0 Å². The quantitative estimate of drug-likeness (QED) is 0.464. The predicted octanol–water partition coefficient (Wildman–Crippen LogP) is 1.28. The van der Waals surface area contributed by atoms with E-state index in [1.807, 2.05) is 6.92 Å². The number of hydrogen-bond acceptors (Lipinski definition) is 5. The molecule has 3 saturated carbocycles. The largest absolute Gasteiger partial charge is 0.613 e. The molecule has 0 radical (unpaired) electrons. The summed E-state index contributed by atoms with van der Waals surface area (Å²) in [5.74, 6) is 0.318. The van der Waals surface area contributed by atoms with Crippen molar-refractivity contribution in [2.45, 2.75) is 65.1 Å². The Bertz CT molecular complexity index is 697. The molecule has 0 amide bonds. The summed E-state index contributed by atoms with van der Waals surface area (Å²) in [6.45, 7) is 7.05. The molecule has 1 N–H and O–H groups in total. The number of Topliss-reactive ketones (excluding diaryl/α,β-unsaturated/α-hetero) is 1. The van der Waals surface area contributed by atoms with E-state index in [0.717, 1.165) is 12.8 Å². The van der Waals surface area contributed by atoms with Gasteiger partial charge in [0, 0.05) is 5.92 Å². The van der Waals surface area contributed by atoms with Crippen LogP contribution in [0.25, 0.3) is 0 Å². The van der Waals surface area contributed by atoms with Crippen molar-refractivity contribution in [3.05, 3.63) is 0 Å². The van der Waals surface area contributed by atoms with Gasteiger partial charge in [-0.3, -0.25) is 9.59 Å². The standard InChI is InChI=1S/C19H30BNO5/c1-5-16-17(25-16)20(24)21(8-12(15(22)9-21)18(23)26-20)14-7-11-6-13(10(14)2)19(11,3)4/h10-14,16-17,24H,5-9H2,1-4H3/t10-,11+,12?,13?,14?,16+,17?,20+,21-/m1/s1. The number of quaternary nitrogens is 1. The van der Waals surface area contributed by atoms with E-state index in [-0.39, 0.29) is 28.9 Å². The van der Waals surface area contributed by atoms with Crippen molar-refractivity contribution in [2.75, 3.05) is 13.1 Å². The highest BCUT2D eigenvalue weighted by atomic mass is 16.7. The van der Waals surface area contributed by atoms with Crippen molar-refractivity contribution in [1.82, 2.24) is 0 Å². The highest BCUT2D eigenvalue weighted by Crippen LogP contribution is 2.64. The highest BCUT2D eigenvalue weighted by Gasteiger charge is 2.76. The van der Waals surface area contributed by atoms with E-state index in [4.69, 9.17) is 9.39 Å². The zero-order chi connectivity index (χ0) is 18.6. The molecule has 0 aromatic rings. The zero-order valence-electron chi connectivity index (χ0n) is 16.2. The van der Waals surface area contributed by atoms with Gasteiger partial charge in [-0.1, -0.05) is 27.7 Å². The molecular weight excluding hydrogens is 333 g/mol. The van der Waals surface area contributed by atoms with E-state index in [1.165, 1.54) is 6.42 Å². The van der Waals surface area contributed by atoms with Gasteiger partial charge in [-0.05, 0) is 36.5 Å². The molecule has 7 heteroatoms. The summed E-state index contributed by atoms with van der Waals surface area (Å²) in [7, 11) is 0. The van der Waals surface area contributed by atoms with Gasteiger partial charge in [0.15, 0.2) is 5.92 Å². The molecule has 4 unspecified atom stereocenters. The summed E-state index contributed by atoms with van der Waals surface area (Å²) in [4.78, 5) is 25.1. The molecule has 9 atom stereocenters. The second-order valence-corrected chi connectivity index (χ2v) is 10.2. The van der Waals surface area contributed by atoms with Gasteiger partial charge < -0.3 is 18.8 Å². The number of carbonyl (C=O) groups excluding carboxylic acids is 2. The first-order chi connectivity index (χ1) is 12.2. The maximum atomic E-state index is 12.7. The predicted molar refractivity (Wildman–Crippen MR) is 94.5 cm³/mol. The van der Waals surface area contributed by atoms with Gasteiger partial charge in [-0.25, -0.2) is 0 Å². The van der Waals surface area contributed by atoms with Crippen LogP contribution < -0.4 is 0 Å². The Morgan fingerprint density at radius 1 is 1.31 bits per heavy atom. The SMILES string of the molecule is CC[C@@H]1OC1[B@-]1(O)OC(=O)C2C[N@+]1(C1C[C@@H]3CC([C@H]1C)C3(C)C)CC2=O. The number of nitrogens with zero attached hydrogens (tertiary/aromatic N) is 1. The molecular formula is C19H30BNO5. The number of rotatable bonds is 3. The maximum absolute atomic E-state index is 12.7. The Labute approximate surface area is 154 Å². The third-order valence-electron chi connectivity index (χ3n) is 9.10. The minimum Gasteiger partial charge on any atom is -0.613 e. The van der Waals surface area contributed by atoms with Crippen molar-refractivity contribution >= 4 is 18.4 Å². The molecule has 6 nitrogen and oxygen atoms in total. The van der Waals surface area contributed by atoms with Crippen LogP contribution in [0.2, 0.25) is 0 Å². The summed E-state index contributed by atoms with van der Waals surface area (Å²) < 4.78 is 11.7. The van der Waals surface area contributed by atoms with Gasteiger partial charge in [-0.15, -0.1) is 0 Å². The molecule has 3 heterocycles. The number of fused-ring (bicyclic) bond motifs is 5.